The summed E-state index contributed by atoms with van der Waals surface area (Å²) in [6, 6.07) is 7.67. The summed E-state index contributed by atoms with van der Waals surface area (Å²) >= 11 is 0. The summed E-state index contributed by atoms with van der Waals surface area (Å²) in [7, 11) is -3.11. The van der Waals surface area contributed by atoms with Gasteiger partial charge in [-0.3, -0.25) is 0 Å². The van der Waals surface area contributed by atoms with Gasteiger partial charge in [0.25, 0.3) is 0 Å². The van der Waals surface area contributed by atoms with E-state index in [1.54, 1.807) is 12.1 Å². The van der Waals surface area contributed by atoms with E-state index in [1.807, 2.05) is 12.1 Å². The molecule has 100 valence electrons. The van der Waals surface area contributed by atoms with Gasteiger partial charge in [-0.15, -0.1) is 0 Å². The van der Waals surface area contributed by atoms with Crippen LogP contribution in [0.3, 0.4) is 0 Å². The summed E-state index contributed by atoms with van der Waals surface area (Å²) in [6.07, 6.45) is 4.90. The van der Waals surface area contributed by atoms with E-state index in [1.165, 1.54) is 25.5 Å². The molecule has 2 N–H and O–H groups in total. The van der Waals surface area contributed by atoms with E-state index in [4.69, 9.17) is 5.73 Å². The van der Waals surface area contributed by atoms with Gasteiger partial charge in [-0.25, -0.2) is 8.42 Å². The van der Waals surface area contributed by atoms with Gasteiger partial charge in [-0.1, -0.05) is 0 Å². The smallest absolute Gasteiger partial charge is 0.175 e. The Morgan fingerprint density at radius 2 is 1.89 bits per heavy atom. The fourth-order valence-corrected chi connectivity index (χ4v) is 2.88. The molecule has 1 aliphatic carbocycles. The van der Waals surface area contributed by atoms with Gasteiger partial charge in [0.1, 0.15) is 0 Å². The topological polar surface area (TPSA) is 63.4 Å². The van der Waals surface area contributed by atoms with Crippen LogP contribution in [0.1, 0.15) is 19.3 Å². The van der Waals surface area contributed by atoms with Crippen LogP contribution in [0, 0.1) is 0 Å². The van der Waals surface area contributed by atoms with Crippen molar-refractivity contribution in [3.05, 3.63) is 24.3 Å². The summed E-state index contributed by atoms with van der Waals surface area (Å²) in [5, 5.41) is 0. The van der Waals surface area contributed by atoms with Gasteiger partial charge in [-0.2, -0.15) is 0 Å². The summed E-state index contributed by atoms with van der Waals surface area (Å²) < 4.78 is 22.8. The minimum atomic E-state index is -3.11. The standard InChI is InChI=1S/C13H20N2O2S/c1-18(16,17)13-7-5-12(6-8-13)15(10-9-14)11-3-2-4-11/h5-8,11H,2-4,9-10,14H2,1H3. The number of anilines is 1. The molecule has 4 nitrogen and oxygen atoms in total. The molecule has 18 heavy (non-hydrogen) atoms. The van der Waals surface area contributed by atoms with E-state index >= 15 is 0 Å². The highest BCUT2D eigenvalue weighted by Crippen LogP contribution is 2.29. The first-order valence-corrected chi connectivity index (χ1v) is 8.18. The SMILES string of the molecule is CS(=O)(=O)c1ccc(N(CCN)C2CCC2)cc1. The minimum Gasteiger partial charge on any atom is -0.367 e. The molecule has 0 aliphatic heterocycles. The van der Waals surface area contributed by atoms with Crippen molar-refractivity contribution in [1.29, 1.82) is 0 Å². The zero-order chi connectivity index (χ0) is 13.2. The molecular formula is C13H20N2O2S. The van der Waals surface area contributed by atoms with Gasteiger partial charge in [0.2, 0.25) is 0 Å². The minimum absolute atomic E-state index is 0.368. The van der Waals surface area contributed by atoms with E-state index in [2.05, 4.69) is 4.90 Å². The van der Waals surface area contributed by atoms with Crippen molar-refractivity contribution >= 4 is 15.5 Å². The Kier molecular flexibility index (Phi) is 3.92. The predicted octanol–water partition coefficient (Wildman–Crippen LogP) is 1.41. The summed E-state index contributed by atoms with van der Waals surface area (Å²) in [4.78, 5) is 2.66. The molecule has 0 heterocycles. The number of nitrogens with two attached hydrogens (primary N) is 1. The van der Waals surface area contributed by atoms with Crippen LogP contribution in [0.5, 0.6) is 0 Å². The molecule has 0 spiro atoms. The van der Waals surface area contributed by atoms with E-state index in [9.17, 15) is 8.42 Å². The van der Waals surface area contributed by atoms with Crippen LogP contribution < -0.4 is 10.6 Å². The van der Waals surface area contributed by atoms with Gasteiger partial charge in [0.05, 0.1) is 4.90 Å². The maximum absolute atomic E-state index is 11.4. The first-order valence-electron chi connectivity index (χ1n) is 6.29. The maximum atomic E-state index is 11.4. The molecule has 1 saturated carbocycles. The Labute approximate surface area is 109 Å². The lowest BCUT2D eigenvalue weighted by Gasteiger charge is -2.39. The average molecular weight is 268 g/mol. The van der Waals surface area contributed by atoms with Gasteiger partial charge in [-0.05, 0) is 43.5 Å². The molecule has 0 saturated heterocycles. The molecule has 0 radical (unpaired) electrons. The van der Waals surface area contributed by atoms with Crippen LogP contribution >= 0.6 is 0 Å². The second kappa shape index (κ2) is 5.28. The van der Waals surface area contributed by atoms with Crippen LogP contribution in [-0.4, -0.2) is 33.8 Å². The van der Waals surface area contributed by atoms with Crippen LogP contribution in [0.4, 0.5) is 5.69 Å². The van der Waals surface area contributed by atoms with Crippen molar-refractivity contribution in [3.8, 4) is 0 Å². The fraction of sp³-hybridized carbons (Fsp3) is 0.538. The Morgan fingerprint density at radius 3 is 2.28 bits per heavy atom. The molecule has 1 aliphatic rings. The van der Waals surface area contributed by atoms with E-state index in [-0.39, 0.29) is 0 Å². The largest absolute Gasteiger partial charge is 0.367 e. The molecule has 1 aromatic rings. The number of sulfone groups is 1. The first-order chi connectivity index (χ1) is 8.52. The molecule has 5 heteroatoms. The van der Waals surface area contributed by atoms with Crippen molar-refractivity contribution in [2.24, 2.45) is 5.73 Å². The van der Waals surface area contributed by atoms with E-state index in [0.717, 1.165) is 12.2 Å². The Balaban J connectivity index is 2.20. The monoisotopic (exact) mass is 268 g/mol. The fourth-order valence-electron chi connectivity index (χ4n) is 2.24. The molecule has 0 unspecified atom stereocenters. The third kappa shape index (κ3) is 2.84. The van der Waals surface area contributed by atoms with Crippen molar-refractivity contribution in [2.75, 3.05) is 24.2 Å². The molecule has 0 amide bonds. The van der Waals surface area contributed by atoms with Crippen LogP contribution in [0.25, 0.3) is 0 Å². The average Bonchev–Trinajstić information content (AvgIpc) is 2.25. The second-order valence-corrected chi connectivity index (χ2v) is 6.85. The Hall–Kier alpha value is -1.07. The molecule has 1 aromatic carbocycles. The van der Waals surface area contributed by atoms with Gasteiger partial charge in [0, 0.05) is 31.1 Å². The Morgan fingerprint density at radius 1 is 1.28 bits per heavy atom. The number of nitrogens with zero attached hydrogens (tertiary/aromatic N) is 1. The van der Waals surface area contributed by atoms with Gasteiger partial charge < -0.3 is 10.6 Å². The van der Waals surface area contributed by atoms with E-state index < -0.39 is 9.84 Å². The number of hydrogen-bond acceptors (Lipinski definition) is 4. The lowest BCUT2D eigenvalue weighted by molar-refractivity contribution is 0.388. The molecule has 2 rings (SSSR count). The highest BCUT2D eigenvalue weighted by atomic mass is 32.2. The number of benzene rings is 1. The van der Waals surface area contributed by atoms with Crippen molar-refractivity contribution in [3.63, 3.8) is 0 Å². The third-order valence-corrected chi connectivity index (χ3v) is 4.61. The second-order valence-electron chi connectivity index (χ2n) is 4.83. The summed E-state index contributed by atoms with van der Waals surface area (Å²) in [6.45, 7) is 1.44. The predicted molar refractivity (Wildman–Crippen MR) is 73.6 cm³/mol. The highest BCUT2D eigenvalue weighted by Gasteiger charge is 2.24. The lowest BCUT2D eigenvalue weighted by atomic mass is 9.91. The lowest BCUT2D eigenvalue weighted by Crippen LogP contribution is -2.43. The third-order valence-electron chi connectivity index (χ3n) is 3.48. The summed E-state index contributed by atoms with van der Waals surface area (Å²) in [5.41, 5.74) is 6.71. The molecule has 1 fully saturated rings. The Bertz CT molecular complexity index is 492. The van der Waals surface area contributed by atoms with Crippen LogP contribution in [0.2, 0.25) is 0 Å². The zero-order valence-corrected chi connectivity index (χ0v) is 11.5. The number of hydrogen-bond donors (Lipinski definition) is 1. The van der Waals surface area contributed by atoms with Gasteiger partial charge in [0.15, 0.2) is 9.84 Å². The van der Waals surface area contributed by atoms with Crippen molar-refractivity contribution < 1.29 is 8.42 Å². The van der Waals surface area contributed by atoms with Crippen molar-refractivity contribution in [1.82, 2.24) is 0 Å². The zero-order valence-electron chi connectivity index (χ0n) is 10.7. The van der Waals surface area contributed by atoms with Crippen LogP contribution in [-0.2, 0) is 9.84 Å². The van der Waals surface area contributed by atoms with Crippen molar-refractivity contribution in [2.45, 2.75) is 30.2 Å². The van der Waals surface area contributed by atoms with Crippen LogP contribution in [0.15, 0.2) is 29.2 Å². The highest BCUT2D eigenvalue weighted by molar-refractivity contribution is 7.90. The summed E-state index contributed by atoms with van der Waals surface area (Å²) in [5.74, 6) is 0. The quantitative estimate of drug-likeness (QED) is 0.877. The number of rotatable bonds is 5. The molecule has 0 atom stereocenters. The maximum Gasteiger partial charge on any atom is 0.175 e. The van der Waals surface area contributed by atoms with Gasteiger partial charge >= 0.3 is 0 Å². The normalized spacial score (nSPS) is 16.3. The molecular weight excluding hydrogens is 248 g/mol. The van der Waals surface area contributed by atoms with E-state index in [0.29, 0.717) is 17.5 Å². The molecule has 0 aromatic heterocycles. The first kappa shape index (κ1) is 13.4. The molecule has 0 bridgehead atoms.